The molecule has 1 heterocycles. The van der Waals surface area contributed by atoms with Crippen LogP contribution >= 0.6 is 31.9 Å². The Kier molecular flexibility index (Phi) is 4.10. The number of hydrogen-bond donors (Lipinski definition) is 2. The van der Waals surface area contributed by atoms with Gasteiger partial charge in [0, 0.05) is 26.7 Å². The number of carbonyl (C=O) groups is 1. The zero-order valence-corrected chi connectivity index (χ0v) is 14.0. The van der Waals surface area contributed by atoms with Gasteiger partial charge < -0.3 is 5.32 Å². The fraction of sp³-hybridized carbons (Fsp3) is 0.133. The Hall–Kier alpha value is -1.24. The Morgan fingerprint density at radius 1 is 1.19 bits per heavy atom. The molecule has 21 heavy (non-hydrogen) atoms. The monoisotopic (exact) mass is 412 g/mol. The van der Waals surface area contributed by atoms with Crippen molar-refractivity contribution in [2.24, 2.45) is 0 Å². The first-order chi connectivity index (χ1) is 10.0. The molecule has 1 aliphatic rings. The van der Waals surface area contributed by atoms with Gasteiger partial charge >= 0.3 is 0 Å². The Bertz CT molecular complexity index is 721. The van der Waals surface area contributed by atoms with Gasteiger partial charge in [0.05, 0.1) is 0 Å². The molecule has 3 rings (SSSR count). The van der Waals surface area contributed by atoms with Crippen molar-refractivity contribution in [2.75, 3.05) is 5.32 Å². The highest BCUT2D eigenvalue weighted by molar-refractivity contribution is 9.10. The van der Waals surface area contributed by atoms with Crippen LogP contribution in [0.4, 0.5) is 10.1 Å². The van der Waals surface area contributed by atoms with E-state index in [9.17, 15) is 9.18 Å². The second-order valence-corrected chi connectivity index (χ2v) is 6.54. The number of nitrogens with one attached hydrogen (secondary N) is 2. The highest BCUT2D eigenvalue weighted by atomic mass is 79.9. The van der Waals surface area contributed by atoms with E-state index in [-0.39, 0.29) is 11.7 Å². The van der Waals surface area contributed by atoms with Gasteiger partial charge in [0.2, 0.25) is 5.91 Å². The van der Waals surface area contributed by atoms with Crippen molar-refractivity contribution in [1.29, 1.82) is 0 Å². The van der Waals surface area contributed by atoms with E-state index in [0.717, 1.165) is 25.8 Å². The Balaban J connectivity index is 1.81. The van der Waals surface area contributed by atoms with Gasteiger partial charge in [-0.15, -0.1) is 0 Å². The molecule has 2 aromatic rings. The molecule has 0 saturated carbocycles. The summed E-state index contributed by atoms with van der Waals surface area (Å²) in [5, 5.41) is 6.00. The van der Waals surface area contributed by atoms with Crippen molar-refractivity contribution in [1.82, 2.24) is 5.32 Å². The van der Waals surface area contributed by atoms with Crippen LogP contribution in [0.5, 0.6) is 0 Å². The minimum absolute atomic E-state index is 0.101. The third-order valence-corrected chi connectivity index (χ3v) is 4.62. The van der Waals surface area contributed by atoms with Crippen LogP contribution in [-0.2, 0) is 11.3 Å². The molecular weight excluding hydrogens is 403 g/mol. The van der Waals surface area contributed by atoms with Crippen LogP contribution in [0.2, 0.25) is 0 Å². The first kappa shape index (κ1) is 14.7. The molecule has 2 N–H and O–H groups in total. The molecule has 1 aliphatic heterocycles. The average Bonchev–Trinajstić information content (AvgIpc) is 2.75. The highest BCUT2D eigenvalue weighted by Crippen LogP contribution is 2.33. The molecule has 0 spiro atoms. The molecular formula is C15H11Br2FN2O. The molecule has 0 aliphatic carbocycles. The summed E-state index contributed by atoms with van der Waals surface area (Å²) in [6, 6.07) is 9.71. The number of halogens is 3. The third kappa shape index (κ3) is 3.02. The largest absolute Gasteiger partial charge is 0.324 e. The number of benzene rings is 2. The predicted octanol–water partition coefficient (Wildman–Crippen LogP) is 4.13. The lowest BCUT2D eigenvalue weighted by atomic mass is 10.1. The smallest absolute Gasteiger partial charge is 0.246 e. The number of amides is 1. The van der Waals surface area contributed by atoms with Gasteiger partial charge in [0.1, 0.15) is 11.9 Å². The summed E-state index contributed by atoms with van der Waals surface area (Å²) < 4.78 is 15.0. The topological polar surface area (TPSA) is 41.1 Å². The van der Waals surface area contributed by atoms with E-state index in [4.69, 9.17) is 0 Å². The maximum Gasteiger partial charge on any atom is 0.246 e. The summed E-state index contributed by atoms with van der Waals surface area (Å²) in [4.78, 5) is 12.0. The molecule has 0 saturated heterocycles. The van der Waals surface area contributed by atoms with Gasteiger partial charge in [0.25, 0.3) is 0 Å². The molecule has 0 fully saturated rings. The third-order valence-electron chi connectivity index (χ3n) is 3.35. The van der Waals surface area contributed by atoms with Crippen LogP contribution in [0.3, 0.4) is 0 Å². The maximum atomic E-state index is 13.3. The molecule has 2 aromatic carbocycles. The van der Waals surface area contributed by atoms with Crippen molar-refractivity contribution >= 4 is 43.5 Å². The number of rotatable bonds is 3. The molecule has 6 heteroatoms. The summed E-state index contributed by atoms with van der Waals surface area (Å²) >= 11 is 6.79. The molecule has 0 radical (unpaired) electrons. The van der Waals surface area contributed by atoms with Gasteiger partial charge in [-0.1, -0.05) is 31.9 Å². The fourth-order valence-electron chi connectivity index (χ4n) is 2.33. The molecule has 108 valence electrons. The molecule has 0 aromatic heterocycles. The highest BCUT2D eigenvalue weighted by Gasteiger charge is 2.30. The lowest BCUT2D eigenvalue weighted by molar-refractivity contribution is -0.117. The summed E-state index contributed by atoms with van der Waals surface area (Å²) in [7, 11) is 0. The van der Waals surface area contributed by atoms with E-state index in [2.05, 4.69) is 42.5 Å². The van der Waals surface area contributed by atoms with Gasteiger partial charge in [-0.25, -0.2) is 4.39 Å². The van der Waals surface area contributed by atoms with Crippen molar-refractivity contribution in [3.63, 3.8) is 0 Å². The first-order valence-electron chi connectivity index (χ1n) is 6.32. The standard InChI is InChI=1S/C15H11Br2FN2O/c16-9-1-4-13-11(6-9)14(15(21)20-13)19-7-8-5-10(18)2-3-12(8)17/h1-6,14,19H,7H2,(H,20,21). The lowest BCUT2D eigenvalue weighted by Gasteiger charge is -2.13. The van der Waals surface area contributed by atoms with Gasteiger partial charge in [-0.3, -0.25) is 10.1 Å². The molecule has 1 unspecified atom stereocenters. The van der Waals surface area contributed by atoms with Gasteiger partial charge in [-0.05, 0) is 42.0 Å². The first-order valence-corrected chi connectivity index (χ1v) is 7.91. The van der Waals surface area contributed by atoms with Crippen LogP contribution in [0.15, 0.2) is 45.3 Å². The zero-order chi connectivity index (χ0) is 15.0. The van der Waals surface area contributed by atoms with Crippen LogP contribution in [0.25, 0.3) is 0 Å². The molecule has 1 amide bonds. The van der Waals surface area contributed by atoms with Crippen molar-refractivity contribution in [2.45, 2.75) is 12.6 Å². The van der Waals surface area contributed by atoms with Gasteiger partial charge in [0.15, 0.2) is 0 Å². The Morgan fingerprint density at radius 2 is 2.00 bits per heavy atom. The Morgan fingerprint density at radius 3 is 2.81 bits per heavy atom. The molecule has 3 nitrogen and oxygen atoms in total. The summed E-state index contributed by atoms with van der Waals surface area (Å²) in [6.07, 6.45) is 0. The SMILES string of the molecule is O=C1Nc2ccc(Br)cc2C1NCc1cc(F)ccc1Br. The maximum absolute atomic E-state index is 13.3. The number of anilines is 1. The minimum atomic E-state index is -0.437. The van der Waals surface area contributed by atoms with Crippen LogP contribution in [0, 0.1) is 5.82 Å². The van der Waals surface area contributed by atoms with Gasteiger partial charge in [-0.2, -0.15) is 0 Å². The van der Waals surface area contributed by atoms with Crippen LogP contribution in [0.1, 0.15) is 17.2 Å². The average molecular weight is 414 g/mol. The second kappa shape index (κ2) is 5.87. The lowest BCUT2D eigenvalue weighted by Crippen LogP contribution is -2.27. The van der Waals surface area contributed by atoms with E-state index in [1.54, 1.807) is 6.07 Å². The van der Waals surface area contributed by atoms with E-state index >= 15 is 0 Å². The number of carbonyl (C=O) groups excluding carboxylic acids is 1. The van der Waals surface area contributed by atoms with Crippen molar-refractivity contribution in [3.05, 3.63) is 62.3 Å². The van der Waals surface area contributed by atoms with E-state index < -0.39 is 6.04 Å². The fourth-order valence-corrected chi connectivity index (χ4v) is 3.09. The van der Waals surface area contributed by atoms with Crippen LogP contribution in [-0.4, -0.2) is 5.91 Å². The second-order valence-electron chi connectivity index (χ2n) is 4.77. The Labute approximate surface area is 138 Å². The van der Waals surface area contributed by atoms with E-state index in [0.29, 0.717) is 6.54 Å². The normalized spacial score (nSPS) is 16.7. The summed E-state index contributed by atoms with van der Waals surface area (Å²) in [6.45, 7) is 0.391. The van der Waals surface area contributed by atoms with E-state index in [1.165, 1.54) is 12.1 Å². The minimum Gasteiger partial charge on any atom is -0.324 e. The summed E-state index contributed by atoms with van der Waals surface area (Å²) in [5.74, 6) is -0.398. The van der Waals surface area contributed by atoms with Crippen molar-refractivity contribution in [3.8, 4) is 0 Å². The number of fused-ring (bicyclic) bond motifs is 1. The van der Waals surface area contributed by atoms with Crippen molar-refractivity contribution < 1.29 is 9.18 Å². The zero-order valence-electron chi connectivity index (χ0n) is 10.8. The summed E-state index contributed by atoms with van der Waals surface area (Å²) in [5.41, 5.74) is 2.46. The quantitative estimate of drug-likeness (QED) is 0.794. The number of hydrogen-bond acceptors (Lipinski definition) is 2. The molecule has 0 bridgehead atoms. The predicted molar refractivity (Wildman–Crippen MR) is 86.5 cm³/mol. The molecule has 1 atom stereocenters. The van der Waals surface area contributed by atoms with Crippen LogP contribution < -0.4 is 10.6 Å². The van der Waals surface area contributed by atoms with E-state index in [1.807, 2.05) is 18.2 Å².